The van der Waals surface area contributed by atoms with Crippen molar-refractivity contribution < 1.29 is 0 Å². The van der Waals surface area contributed by atoms with Crippen molar-refractivity contribution in [2.24, 2.45) is 0 Å². The summed E-state index contributed by atoms with van der Waals surface area (Å²) in [5.74, 6) is 1.77. The summed E-state index contributed by atoms with van der Waals surface area (Å²) in [5, 5.41) is 4.18. The smallest absolute Gasteiger partial charge is 0.224 e. The Kier molecular flexibility index (Phi) is 2.55. The predicted octanol–water partition coefficient (Wildman–Crippen LogP) is 2.27. The van der Waals surface area contributed by atoms with E-state index >= 15 is 0 Å². The fourth-order valence-electron chi connectivity index (χ4n) is 2.34. The molecule has 17 heavy (non-hydrogen) atoms. The van der Waals surface area contributed by atoms with Crippen LogP contribution < -0.4 is 10.2 Å². The number of aromatic nitrogens is 2. The molecule has 0 aliphatic carbocycles. The Labute approximate surface area is 101 Å². The van der Waals surface area contributed by atoms with Crippen LogP contribution in [0.4, 0.5) is 11.8 Å². The summed E-state index contributed by atoms with van der Waals surface area (Å²) >= 11 is 0. The molecule has 1 fully saturated rings. The SMILES string of the molecule is CNc1nc(N2CCCC2)c2ccccc2n1. The standard InChI is InChI=1S/C13H16N4/c1-14-13-15-11-7-3-2-6-10(11)12(16-13)17-8-4-5-9-17/h2-3,6-7H,4-5,8-9H2,1H3,(H,14,15,16). The average molecular weight is 228 g/mol. The van der Waals surface area contributed by atoms with E-state index in [1.54, 1.807) is 0 Å². The van der Waals surface area contributed by atoms with Crippen molar-refractivity contribution in [3.05, 3.63) is 24.3 Å². The summed E-state index contributed by atoms with van der Waals surface area (Å²) in [6, 6.07) is 8.20. The van der Waals surface area contributed by atoms with Crippen LogP contribution in [-0.4, -0.2) is 30.1 Å². The van der Waals surface area contributed by atoms with Gasteiger partial charge in [-0.3, -0.25) is 0 Å². The monoisotopic (exact) mass is 228 g/mol. The van der Waals surface area contributed by atoms with Crippen molar-refractivity contribution in [2.75, 3.05) is 30.4 Å². The molecular formula is C13H16N4. The van der Waals surface area contributed by atoms with Gasteiger partial charge < -0.3 is 10.2 Å². The third-order valence-electron chi connectivity index (χ3n) is 3.21. The fraction of sp³-hybridized carbons (Fsp3) is 0.385. The van der Waals surface area contributed by atoms with Gasteiger partial charge in [-0.15, -0.1) is 0 Å². The zero-order valence-corrected chi connectivity index (χ0v) is 9.98. The third kappa shape index (κ3) is 1.79. The molecule has 1 saturated heterocycles. The summed E-state index contributed by atoms with van der Waals surface area (Å²) in [6.07, 6.45) is 2.51. The molecule has 0 radical (unpaired) electrons. The zero-order valence-electron chi connectivity index (χ0n) is 9.98. The van der Waals surface area contributed by atoms with E-state index in [-0.39, 0.29) is 0 Å². The molecule has 3 rings (SSSR count). The molecule has 4 nitrogen and oxygen atoms in total. The molecule has 1 aliphatic heterocycles. The predicted molar refractivity (Wildman–Crippen MR) is 70.5 cm³/mol. The highest BCUT2D eigenvalue weighted by atomic mass is 15.2. The highest BCUT2D eigenvalue weighted by Gasteiger charge is 2.17. The molecule has 4 heteroatoms. The van der Waals surface area contributed by atoms with Crippen LogP contribution >= 0.6 is 0 Å². The van der Waals surface area contributed by atoms with Gasteiger partial charge >= 0.3 is 0 Å². The lowest BCUT2D eigenvalue weighted by Crippen LogP contribution is -2.20. The second-order valence-electron chi connectivity index (χ2n) is 4.33. The minimum Gasteiger partial charge on any atom is -0.357 e. The molecule has 88 valence electrons. The lowest BCUT2D eigenvalue weighted by Gasteiger charge is -2.18. The highest BCUT2D eigenvalue weighted by Crippen LogP contribution is 2.27. The Bertz CT molecular complexity index is 532. The molecule has 1 N–H and O–H groups in total. The molecule has 0 bridgehead atoms. The summed E-state index contributed by atoms with van der Waals surface area (Å²) in [6.45, 7) is 2.20. The maximum Gasteiger partial charge on any atom is 0.224 e. The first-order valence-corrected chi connectivity index (χ1v) is 6.08. The van der Waals surface area contributed by atoms with Gasteiger partial charge in [0.1, 0.15) is 5.82 Å². The minimum atomic E-state index is 0.700. The quantitative estimate of drug-likeness (QED) is 0.856. The van der Waals surface area contributed by atoms with Crippen LogP contribution in [0.2, 0.25) is 0 Å². The summed E-state index contributed by atoms with van der Waals surface area (Å²) < 4.78 is 0. The fourth-order valence-corrected chi connectivity index (χ4v) is 2.34. The van der Waals surface area contributed by atoms with E-state index in [1.807, 2.05) is 25.2 Å². The van der Waals surface area contributed by atoms with Crippen LogP contribution in [0.3, 0.4) is 0 Å². The number of para-hydroxylation sites is 1. The molecule has 1 aliphatic rings. The molecule has 2 aromatic rings. The van der Waals surface area contributed by atoms with Gasteiger partial charge in [0.05, 0.1) is 5.52 Å². The van der Waals surface area contributed by atoms with Gasteiger partial charge in [0.2, 0.25) is 5.95 Å². The Morgan fingerprint density at radius 1 is 1.12 bits per heavy atom. The number of benzene rings is 1. The van der Waals surface area contributed by atoms with Gasteiger partial charge in [0, 0.05) is 25.5 Å². The van der Waals surface area contributed by atoms with Crippen molar-refractivity contribution in [3.8, 4) is 0 Å². The molecule has 0 unspecified atom stereocenters. The highest BCUT2D eigenvalue weighted by molar-refractivity contribution is 5.90. The summed E-state index contributed by atoms with van der Waals surface area (Å²) in [7, 11) is 1.86. The Hall–Kier alpha value is -1.84. The van der Waals surface area contributed by atoms with Crippen LogP contribution in [0.15, 0.2) is 24.3 Å². The van der Waals surface area contributed by atoms with Crippen molar-refractivity contribution >= 4 is 22.7 Å². The topological polar surface area (TPSA) is 41.1 Å². The van der Waals surface area contributed by atoms with E-state index in [9.17, 15) is 0 Å². The number of nitrogens with one attached hydrogen (secondary N) is 1. The van der Waals surface area contributed by atoms with Crippen LogP contribution in [0.5, 0.6) is 0 Å². The summed E-state index contributed by atoms with van der Waals surface area (Å²) in [5.41, 5.74) is 1.01. The van der Waals surface area contributed by atoms with Gasteiger partial charge in [-0.2, -0.15) is 4.98 Å². The molecule has 0 amide bonds. The second kappa shape index (κ2) is 4.20. The first-order chi connectivity index (χ1) is 8.38. The lowest BCUT2D eigenvalue weighted by atomic mass is 10.2. The first kappa shape index (κ1) is 10.3. The molecule has 2 heterocycles. The van der Waals surface area contributed by atoms with Gasteiger partial charge in [0.15, 0.2) is 0 Å². The van der Waals surface area contributed by atoms with E-state index in [1.165, 1.54) is 12.8 Å². The normalized spacial score (nSPS) is 15.5. The molecular weight excluding hydrogens is 212 g/mol. The Morgan fingerprint density at radius 2 is 1.88 bits per heavy atom. The van der Waals surface area contributed by atoms with Gasteiger partial charge in [-0.1, -0.05) is 12.1 Å². The average Bonchev–Trinajstić information content (AvgIpc) is 2.91. The number of rotatable bonds is 2. The van der Waals surface area contributed by atoms with Crippen LogP contribution in [0.25, 0.3) is 10.9 Å². The van der Waals surface area contributed by atoms with Gasteiger partial charge in [-0.25, -0.2) is 4.98 Å². The lowest BCUT2D eigenvalue weighted by molar-refractivity contribution is 0.940. The van der Waals surface area contributed by atoms with Crippen molar-refractivity contribution in [1.29, 1.82) is 0 Å². The number of fused-ring (bicyclic) bond motifs is 1. The van der Waals surface area contributed by atoms with Crippen molar-refractivity contribution in [1.82, 2.24) is 9.97 Å². The maximum absolute atomic E-state index is 4.61. The van der Waals surface area contributed by atoms with Crippen molar-refractivity contribution in [3.63, 3.8) is 0 Å². The second-order valence-corrected chi connectivity index (χ2v) is 4.33. The number of hydrogen-bond donors (Lipinski definition) is 1. The van der Waals surface area contributed by atoms with E-state index in [4.69, 9.17) is 0 Å². The van der Waals surface area contributed by atoms with Crippen LogP contribution in [-0.2, 0) is 0 Å². The number of hydrogen-bond acceptors (Lipinski definition) is 4. The Morgan fingerprint density at radius 3 is 2.65 bits per heavy atom. The van der Waals surface area contributed by atoms with Gasteiger partial charge in [0.25, 0.3) is 0 Å². The van der Waals surface area contributed by atoms with Gasteiger partial charge in [-0.05, 0) is 25.0 Å². The maximum atomic E-state index is 4.61. The third-order valence-corrected chi connectivity index (χ3v) is 3.21. The number of nitrogens with zero attached hydrogens (tertiary/aromatic N) is 3. The van der Waals surface area contributed by atoms with Crippen LogP contribution in [0.1, 0.15) is 12.8 Å². The van der Waals surface area contributed by atoms with E-state index < -0.39 is 0 Å². The largest absolute Gasteiger partial charge is 0.357 e. The molecule has 1 aromatic carbocycles. The molecule has 1 aromatic heterocycles. The van der Waals surface area contributed by atoms with E-state index in [0.29, 0.717) is 5.95 Å². The molecule has 0 spiro atoms. The summed E-state index contributed by atoms with van der Waals surface area (Å²) in [4.78, 5) is 11.4. The first-order valence-electron chi connectivity index (χ1n) is 6.08. The minimum absolute atomic E-state index is 0.700. The zero-order chi connectivity index (χ0) is 11.7. The van der Waals surface area contributed by atoms with Crippen molar-refractivity contribution in [2.45, 2.75) is 12.8 Å². The number of anilines is 2. The molecule has 0 saturated carbocycles. The van der Waals surface area contributed by atoms with E-state index in [2.05, 4.69) is 26.3 Å². The molecule has 0 atom stereocenters. The van der Waals surface area contributed by atoms with E-state index in [0.717, 1.165) is 29.8 Å². The Balaban J connectivity index is 2.19. The van der Waals surface area contributed by atoms with Crippen LogP contribution in [0, 0.1) is 0 Å².